The van der Waals surface area contributed by atoms with Crippen molar-refractivity contribution in [1.29, 1.82) is 0 Å². The molecule has 0 aliphatic carbocycles. The summed E-state index contributed by atoms with van der Waals surface area (Å²) in [5, 5.41) is 9.61. The van der Waals surface area contributed by atoms with Crippen molar-refractivity contribution in [3.8, 4) is 0 Å². The zero-order chi connectivity index (χ0) is 12.7. The Kier molecular flexibility index (Phi) is 3.05. The number of aliphatic hydroxyl groups is 1. The van der Waals surface area contributed by atoms with Gasteiger partial charge in [-0.05, 0) is 13.8 Å². The van der Waals surface area contributed by atoms with E-state index in [2.05, 4.69) is 19.8 Å². The predicted octanol–water partition coefficient (Wildman–Crippen LogP) is 0.511. The van der Waals surface area contributed by atoms with Gasteiger partial charge in [0.05, 0.1) is 12.1 Å². The van der Waals surface area contributed by atoms with Gasteiger partial charge in [-0.3, -0.25) is 9.80 Å². The van der Waals surface area contributed by atoms with Gasteiger partial charge in [0.25, 0.3) is 0 Å². The van der Waals surface area contributed by atoms with Crippen LogP contribution >= 0.6 is 0 Å². The Balaban J connectivity index is 1.86. The molecule has 98 valence electrons. The number of aliphatic hydroxyl groups excluding tert-OH is 1. The van der Waals surface area contributed by atoms with Gasteiger partial charge in [0.1, 0.15) is 5.82 Å². The second-order valence-electron chi connectivity index (χ2n) is 5.30. The molecule has 2 bridgehead atoms. The summed E-state index contributed by atoms with van der Waals surface area (Å²) in [7, 11) is 0. The van der Waals surface area contributed by atoms with E-state index in [1.165, 1.54) is 13.1 Å². The maximum Gasteiger partial charge on any atom is 0.146 e. The van der Waals surface area contributed by atoms with Crippen molar-refractivity contribution in [3.05, 3.63) is 23.3 Å². The summed E-state index contributed by atoms with van der Waals surface area (Å²) in [6.07, 6.45) is 1.28. The molecule has 0 spiro atoms. The van der Waals surface area contributed by atoms with Crippen LogP contribution in [0.1, 0.15) is 36.2 Å². The highest BCUT2D eigenvalue weighted by Gasteiger charge is 2.34. The van der Waals surface area contributed by atoms with Crippen molar-refractivity contribution in [2.24, 2.45) is 0 Å². The van der Waals surface area contributed by atoms with E-state index in [4.69, 9.17) is 0 Å². The van der Waals surface area contributed by atoms with Gasteiger partial charge in [-0.25, -0.2) is 9.97 Å². The number of aromatic nitrogens is 2. The number of aryl methyl sites for hydroxylation is 1. The molecule has 5 nitrogen and oxygen atoms in total. The summed E-state index contributed by atoms with van der Waals surface area (Å²) in [6.45, 7) is 9.31. The molecule has 4 rings (SSSR count). The fraction of sp³-hybridized carbons (Fsp3) is 0.692. The van der Waals surface area contributed by atoms with Gasteiger partial charge in [0.15, 0.2) is 0 Å². The molecule has 2 atom stereocenters. The molecule has 18 heavy (non-hydrogen) atoms. The first-order valence-electron chi connectivity index (χ1n) is 6.63. The highest BCUT2D eigenvalue weighted by molar-refractivity contribution is 5.19. The fourth-order valence-electron chi connectivity index (χ4n) is 2.93. The minimum absolute atomic E-state index is 0.328. The molecule has 1 N–H and O–H groups in total. The Bertz CT molecular complexity index is 441. The highest BCUT2D eigenvalue weighted by Crippen LogP contribution is 2.27. The Morgan fingerprint density at radius 3 is 2.56 bits per heavy atom. The lowest BCUT2D eigenvalue weighted by Crippen LogP contribution is -2.57. The predicted molar refractivity (Wildman–Crippen MR) is 68.2 cm³/mol. The normalized spacial score (nSPS) is 32.5. The molecule has 0 radical (unpaired) electrons. The lowest BCUT2D eigenvalue weighted by Gasteiger charge is -2.46. The summed E-state index contributed by atoms with van der Waals surface area (Å²) < 4.78 is 0. The van der Waals surface area contributed by atoms with Crippen LogP contribution in [0, 0.1) is 6.92 Å². The number of fused-ring (bicyclic) bond motifs is 3. The second-order valence-corrected chi connectivity index (χ2v) is 5.30. The Morgan fingerprint density at radius 2 is 2.06 bits per heavy atom. The summed E-state index contributed by atoms with van der Waals surface area (Å²) in [6, 6.07) is 0.328. The Labute approximate surface area is 107 Å². The first-order valence-corrected chi connectivity index (χ1v) is 6.63. The standard InChI is InChI=1S/C13H20N4O/c1-9-11(10(2)18)7-14-13(15-9)12-8-16-3-5-17(12)6-4-16/h7,10,12,18H,3-6,8H2,1-2H3/t10-,12?/m0/s1. The Hall–Kier alpha value is -1.04. The van der Waals surface area contributed by atoms with E-state index >= 15 is 0 Å². The van der Waals surface area contributed by atoms with Crippen LogP contribution < -0.4 is 0 Å². The molecule has 3 aliphatic rings. The lowest BCUT2D eigenvalue weighted by atomic mass is 10.1. The van der Waals surface area contributed by atoms with Gasteiger partial charge in [0.2, 0.25) is 0 Å². The van der Waals surface area contributed by atoms with Gasteiger partial charge in [-0.2, -0.15) is 0 Å². The first-order chi connectivity index (χ1) is 8.65. The zero-order valence-electron chi connectivity index (χ0n) is 11.0. The van der Waals surface area contributed by atoms with E-state index in [1.54, 1.807) is 13.1 Å². The number of nitrogens with zero attached hydrogens (tertiary/aromatic N) is 4. The molecule has 0 aromatic carbocycles. The monoisotopic (exact) mass is 248 g/mol. The van der Waals surface area contributed by atoms with Crippen molar-refractivity contribution >= 4 is 0 Å². The zero-order valence-corrected chi connectivity index (χ0v) is 11.0. The van der Waals surface area contributed by atoms with Crippen molar-refractivity contribution < 1.29 is 5.11 Å². The highest BCUT2D eigenvalue weighted by atomic mass is 16.3. The average molecular weight is 248 g/mol. The van der Waals surface area contributed by atoms with Crippen molar-refractivity contribution in [3.63, 3.8) is 0 Å². The average Bonchev–Trinajstić information content (AvgIpc) is 2.39. The molecule has 1 unspecified atom stereocenters. The van der Waals surface area contributed by atoms with Crippen LogP contribution in [0.15, 0.2) is 6.20 Å². The third-order valence-electron chi connectivity index (χ3n) is 4.06. The van der Waals surface area contributed by atoms with Gasteiger partial charge in [0, 0.05) is 50.2 Å². The number of hydrogen-bond donors (Lipinski definition) is 1. The topological polar surface area (TPSA) is 52.5 Å². The van der Waals surface area contributed by atoms with Crippen LogP contribution in [0.5, 0.6) is 0 Å². The van der Waals surface area contributed by atoms with E-state index in [1.807, 2.05) is 6.92 Å². The first kappa shape index (κ1) is 12.0. The lowest BCUT2D eigenvalue weighted by molar-refractivity contribution is 0.00851. The van der Waals surface area contributed by atoms with E-state index in [9.17, 15) is 5.11 Å². The van der Waals surface area contributed by atoms with Gasteiger partial charge < -0.3 is 5.11 Å². The molecule has 0 amide bonds. The maximum absolute atomic E-state index is 9.61. The summed E-state index contributed by atoms with van der Waals surface area (Å²) >= 11 is 0. The molecule has 1 aromatic heterocycles. The minimum Gasteiger partial charge on any atom is -0.389 e. The van der Waals surface area contributed by atoms with Crippen molar-refractivity contribution in [2.75, 3.05) is 32.7 Å². The van der Waals surface area contributed by atoms with E-state index < -0.39 is 6.10 Å². The second kappa shape index (κ2) is 4.57. The third-order valence-corrected chi connectivity index (χ3v) is 4.06. The van der Waals surface area contributed by atoms with Gasteiger partial charge >= 0.3 is 0 Å². The van der Waals surface area contributed by atoms with Crippen molar-refractivity contribution in [2.45, 2.75) is 26.0 Å². The van der Waals surface area contributed by atoms with Crippen LogP contribution in [0.3, 0.4) is 0 Å². The van der Waals surface area contributed by atoms with Crippen LogP contribution in [-0.2, 0) is 0 Å². The summed E-state index contributed by atoms with van der Waals surface area (Å²) in [5.74, 6) is 0.904. The van der Waals surface area contributed by atoms with Crippen LogP contribution in [0.4, 0.5) is 0 Å². The molecule has 4 heterocycles. The quantitative estimate of drug-likeness (QED) is 0.826. The van der Waals surface area contributed by atoms with Crippen LogP contribution in [0.2, 0.25) is 0 Å². The van der Waals surface area contributed by atoms with E-state index in [0.29, 0.717) is 6.04 Å². The number of hydrogen-bond acceptors (Lipinski definition) is 5. The van der Waals surface area contributed by atoms with Gasteiger partial charge in [-0.1, -0.05) is 0 Å². The molecule has 3 fully saturated rings. The molecule has 0 saturated carbocycles. The number of rotatable bonds is 2. The minimum atomic E-state index is -0.495. The summed E-state index contributed by atoms with van der Waals surface area (Å²) in [5.41, 5.74) is 1.72. The SMILES string of the molecule is Cc1nc(C2CN3CCN2CC3)ncc1[C@H](C)O. The molecule has 3 saturated heterocycles. The molecule has 1 aromatic rings. The third kappa shape index (κ3) is 2.02. The Morgan fingerprint density at radius 1 is 1.33 bits per heavy atom. The largest absolute Gasteiger partial charge is 0.389 e. The fourth-order valence-corrected chi connectivity index (χ4v) is 2.93. The van der Waals surface area contributed by atoms with Gasteiger partial charge in [-0.15, -0.1) is 0 Å². The van der Waals surface area contributed by atoms with Crippen LogP contribution in [0.25, 0.3) is 0 Å². The van der Waals surface area contributed by atoms with Crippen LogP contribution in [-0.4, -0.2) is 57.6 Å². The number of piperazine rings is 3. The molecule has 3 aliphatic heterocycles. The molecule has 5 heteroatoms. The molecular weight excluding hydrogens is 228 g/mol. The maximum atomic E-state index is 9.61. The van der Waals surface area contributed by atoms with E-state index in [-0.39, 0.29) is 0 Å². The molecular formula is C13H20N4O. The smallest absolute Gasteiger partial charge is 0.146 e. The van der Waals surface area contributed by atoms with E-state index in [0.717, 1.165) is 36.7 Å². The van der Waals surface area contributed by atoms with Crippen molar-refractivity contribution in [1.82, 2.24) is 19.8 Å². The summed E-state index contributed by atoms with van der Waals surface area (Å²) in [4.78, 5) is 14.0.